The van der Waals surface area contributed by atoms with Crippen molar-refractivity contribution in [2.75, 3.05) is 11.9 Å². The molecule has 0 aliphatic carbocycles. The number of halogens is 1. The number of ether oxygens (including phenoxy) is 1. The van der Waals surface area contributed by atoms with Gasteiger partial charge in [-0.05, 0) is 24.3 Å². The van der Waals surface area contributed by atoms with E-state index in [2.05, 4.69) is 27.8 Å². The summed E-state index contributed by atoms with van der Waals surface area (Å²) >= 11 is 3.32. The van der Waals surface area contributed by atoms with Crippen molar-refractivity contribution in [1.82, 2.24) is 0 Å². The molecule has 0 unspecified atom stereocenters. The third-order valence-corrected chi connectivity index (χ3v) is 2.19. The summed E-state index contributed by atoms with van der Waals surface area (Å²) in [5.41, 5.74) is 0.980. The molecule has 16 heavy (non-hydrogen) atoms. The number of benzene rings is 1. The van der Waals surface area contributed by atoms with Crippen LogP contribution in [0.4, 0.5) is 0 Å². The number of nitrogens with zero attached hydrogens (tertiary/aromatic N) is 1. The van der Waals surface area contributed by atoms with Crippen molar-refractivity contribution in [1.29, 1.82) is 5.26 Å². The van der Waals surface area contributed by atoms with Crippen molar-refractivity contribution in [3.05, 3.63) is 29.8 Å². The number of alkyl halides is 1. The number of rotatable bonds is 4. The molecule has 0 fully saturated rings. The minimum atomic E-state index is 0.410. The molecule has 3 heteroatoms. The van der Waals surface area contributed by atoms with Crippen molar-refractivity contribution < 1.29 is 4.74 Å². The molecular weight excluding hydrogens is 266 g/mol. The van der Waals surface area contributed by atoms with E-state index in [1.165, 1.54) is 0 Å². The van der Waals surface area contributed by atoms with Crippen LogP contribution in [-0.2, 0) is 0 Å². The van der Waals surface area contributed by atoms with Crippen molar-refractivity contribution in [2.24, 2.45) is 0 Å². The van der Waals surface area contributed by atoms with Crippen LogP contribution in [0, 0.1) is 23.2 Å². The van der Waals surface area contributed by atoms with Crippen molar-refractivity contribution in [2.45, 2.75) is 12.8 Å². The van der Waals surface area contributed by atoms with E-state index in [0.717, 1.165) is 23.1 Å². The van der Waals surface area contributed by atoms with Crippen LogP contribution in [-0.4, -0.2) is 11.9 Å². The molecule has 0 aromatic heterocycles. The second kappa shape index (κ2) is 7.79. The molecule has 1 aromatic carbocycles. The van der Waals surface area contributed by atoms with Gasteiger partial charge in [-0.1, -0.05) is 27.8 Å². The largest absolute Gasteiger partial charge is 0.493 e. The van der Waals surface area contributed by atoms with E-state index in [4.69, 9.17) is 10.00 Å². The Bertz CT molecular complexity index is 408. The lowest BCUT2D eigenvalue weighted by Crippen LogP contribution is -1.95. The molecule has 1 rings (SSSR count). The molecule has 0 N–H and O–H groups in total. The summed E-state index contributed by atoms with van der Waals surface area (Å²) in [5, 5.41) is 9.25. The quantitative estimate of drug-likeness (QED) is 0.481. The van der Waals surface area contributed by atoms with Gasteiger partial charge in [0.05, 0.1) is 12.5 Å². The summed E-state index contributed by atoms with van der Waals surface area (Å²) in [6.45, 7) is 0.436. The van der Waals surface area contributed by atoms with Crippen LogP contribution in [0.3, 0.4) is 0 Å². The van der Waals surface area contributed by atoms with Gasteiger partial charge in [-0.3, -0.25) is 0 Å². The van der Waals surface area contributed by atoms with Gasteiger partial charge < -0.3 is 4.74 Å². The summed E-state index contributed by atoms with van der Waals surface area (Å²) < 4.78 is 5.35. The summed E-state index contributed by atoms with van der Waals surface area (Å²) in [4.78, 5) is 0. The van der Waals surface area contributed by atoms with Gasteiger partial charge in [0.15, 0.2) is 0 Å². The monoisotopic (exact) mass is 277 g/mol. The fraction of sp³-hybridized carbons (Fsp3) is 0.308. The topological polar surface area (TPSA) is 33.0 Å². The predicted octanol–water partition coefficient (Wildman–Crippen LogP) is 3.12. The van der Waals surface area contributed by atoms with E-state index in [1.807, 2.05) is 30.3 Å². The van der Waals surface area contributed by atoms with Gasteiger partial charge in [0, 0.05) is 17.3 Å². The Kier molecular flexibility index (Phi) is 6.15. The maximum Gasteiger partial charge on any atom is 0.119 e. The lowest BCUT2D eigenvalue weighted by molar-refractivity contribution is 0.326. The molecule has 0 aliphatic rings. The Balaban J connectivity index is 2.49. The average molecular weight is 278 g/mol. The molecule has 2 nitrogen and oxygen atoms in total. The zero-order chi connectivity index (χ0) is 11.6. The molecule has 0 heterocycles. The fourth-order valence-electron chi connectivity index (χ4n) is 1.06. The van der Waals surface area contributed by atoms with Crippen LogP contribution in [0.2, 0.25) is 0 Å². The highest BCUT2D eigenvalue weighted by molar-refractivity contribution is 9.09. The lowest BCUT2D eigenvalue weighted by atomic mass is 10.2. The van der Waals surface area contributed by atoms with Crippen molar-refractivity contribution in [3.63, 3.8) is 0 Å². The molecule has 82 valence electrons. The molecule has 0 spiro atoms. The third kappa shape index (κ3) is 4.87. The van der Waals surface area contributed by atoms with Crippen LogP contribution in [0.25, 0.3) is 0 Å². The van der Waals surface area contributed by atoms with Crippen LogP contribution in [0.5, 0.6) is 5.75 Å². The third-order valence-electron chi connectivity index (χ3n) is 1.79. The summed E-state index contributed by atoms with van der Waals surface area (Å²) in [6, 6.07) is 9.61. The Morgan fingerprint density at radius 3 is 2.56 bits per heavy atom. The molecule has 0 saturated heterocycles. The standard InChI is InChI=1S/C13H12BrNO/c14-9-2-1-4-12-5-7-13(8-6-12)16-11-3-10-15/h5-8H,2-3,9,11H2. The highest BCUT2D eigenvalue weighted by Crippen LogP contribution is 2.11. The van der Waals surface area contributed by atoms with Crippen LogP contribution < -0.4 is 4.74 Å². The molecule has 0 bridgehead atoms. The minimum Gasteiger partial charge on any atom is -0.493 e. The van der Waals surface area contributed by atoms with E-state index in [1.54, 1.807) is 0 Å². The minimum absolute atomic E-state index is 0.410. The van der Waals surface area contributed by atoms with E-state index < -0.39 is 0 Å². The molecule has 0 saturated carbocycles. The van der Waals surface area contributed by atoms with Gasteiger partial charge in [-0.25, -0.2) is 0 Å². The molecule has 0 amide bonds. The molecule has 1 aromatic rings. The SMILES string of the molecule is N#CCCOc1ccc(C#CCCBr)cc1. The van der Waals surface area contributed by atoms with E-state index in [9.17, 15) is 0 Å². The van der Waals surface area contributed by atoms with E-state index in [0.29, 0.717) is 13.0 Å². The van der Waals surface area contributed by atoms with Gasteiger partial charge in [0.2, 0.25) is 0 Å². The molecule has 0 aliphatic heterocycles. The van der Waals surface area contributed by atoms with Crippen LogP contribution in [0.1, 0.15) is 18.4 Å². The first-order chi connectivity index (χ1) is 7.86. The van der Waals surface area contributed by atoms with Gasteiger partial charge in [-0.15, -0.1) is 0 Å². The average Bonchev–Trinajstić information content (AvgIpc) is 2.32. The number of nitriles is 1. The van der Waals surface area contributed by atoms with E-state index >= 15 is 0 Å². The van der Waals surface area contributed by atoms with Crippen LogP contribution in [0.15, 0.2) is 24.3 Å². The maximum atomic E-state index is 8.36. The summed E-state index contributed by atoms with van der Waals surface area (Å²) in [5.74, 6) is 6.87. The second-order valence-electron chi connectivity index (χ2n) is 3.02. The van der Waals surface area contributed by atoms with Crippen molar-refractivity contribution >= 4 is 15.9 Å². The smallest absolute Gasteiger partial charge is 0.119 e. The number of hydrogen-bond acceptors (Lipinski definition) is 2. The van der Waals surface area contributed by atoms with E-state index in [-0.39, 0.29) is 0 Å². The number of hydrogen-bond donors (Lipinski definition) is 0. The maximum absolute atomic E-state index is 8.36. The Morgan fingerprint density at radius 2 is 1.94 bits per heavy atom. The summed E-state index contributed by atoms with van der Waals surface area (Å²) in [7, 11) is 0. The lowest BCUT2D eigenvalue weighted by Gasteiger charge is -2.02. The van der Waals surface area contributed by atoms with Gasteiger partial charge >= 0.3 is 0 Å². The first-order valence-electron chi connectivity index (χ1n) is 5.01. The Morgan fingerprint density at radius 1 is 1.19 bits per heavy atom. The highest BCUT2D eigenvalue weighted by atomic mass is 79.9. The second-order valence-corrected chi connectivity index (χ2v) is 3.81. The van der Waals surface area contributed by atoms with Crippen molar-refractivity contribution in [3.8, 4) is 23.7 Å². The fourth-order valence-corrected chi connectivity index (χ4v) is 1.26. The Hall–Kier alpha value is -1.45. The molecule has 0 atom stereocenters. The van der Waals surface area contributed by atoms with Gasteiger partial charge in [0.1, 0.15) is 12.4 Å². The highest BCUT2D eigenvalue weighted by Gasteiger charge is 1.92. The predicted molar refractivity (Wildman–Crippen MR) is 67.5 cm³/mol. The van der Waals surface area contributed by atoms with Crippen LogP contribution >= 0.6 is 15.9 Å². The van der Waals surface area contributed by atoms with Gasteiger partial charge in [0.25, 0.3) is 0 Å². The molecular formula is C13H12BrNO. The zero-order valence-corrected chi connectivity index (χ0v) is 10.5. The first kappa shape index (κ1) is 12.6. The Labute approximate surface area is 104 Å². The van der Waals surface area contributed by atoms with Gasteiger partial charge in [-0.2, -0.15) is 5.26 Å². The first-order valence-corrected chi connectivity index (χ1v) is 6.13. The summed E-state index contributed by atoms with van der Waals surface area (Å²) in [6.07, 6.45) is 1.26. The normalized spacial score (nSPS) is 8.75. The zero-order valence-electron chi connectivity index (χ0n) is 8.87. The molecule has 0 radical (unpaired) electrons.